The monoisotopic (exact) mass is 651 g/mol. The molecule has 0 amide bonds. The van der Waals surface area contributed by atoms with E-state index in [0.717, 1.165) is 66.3 Å². The lowest BCUT2D eigenvalue weighted by Crippen LogP contribution is -2.06. The molecule has 0 saturated carbocycles. The standard InChI is InChI=1S/C46H29N5/c47-30-31-16-18-34(19-17-31)35-20-22-37(23-21-35)45-48-44(36-14-8-3-9-15-36)49-46(50-45)51-42-26-24-38(32-10-4-1-5-11-32)28-40(42)41-29-39(25-27-43(41)51)33-12-6-2-7-13-33/h1-29H. The van der Waals surface area contributed by atoms with E-state index < -0.39 is 0 Å². The van der Waals surface area contributed by atoms with Crippen molar-refractivity contribution in [1.82, 2.24) is 19.5 Å². The molecular formula is C46H29N5. The Morgan fingerprint density at radius 1 is 0.373 bits per heavy atom. The fraction of sp³-hybridized carbons (Fsp3) is 0. The number of fused-ring (bicyclic) bond motifs is 3. The van der Waals surface area contributed by atoms with Crippen LogP contribution in [-0.4, -0.2) is 19.5 Å². The molecule has 2 aromatic heterocycles. The second kappa shape index (κ2) is 12.7. The second-order valence-electron chi connectivity index (χ2n) is 12.4. The van der Waals surface area contributed by atoms with E-state index in [4.69, 9.17) is 15.0 Å². The van der Waals surface area contributed by atoms with Crippen molar-refractivity contribution in [3.8, 4) is 68.2 Å². The van der Waals surface area contributed by atoms with Crippen LogP contribution in [0.3, 0.4) is 0 Å². The zero-order valence-corrected chi connectivity index (χ0v) is 27.5. The van der Waals surface area contributed by atoms with Crippen LogP contribution in [0, 0.1) is 11.3 Å². The number of hydrogen-bond donors (Lipinski definition) is 0. The van der Waals surface area contributed by atoms with Gasteiger partial charge in [0.2, 0.25) is 5.95 Å². The van der Waals surface area contributed by atoms with Gasteiger partial charge in [-0.1, -0.05) is 140 Å². The first-order valence-corrected chi connectivity index (χ1v) is 16.8. The molecule has 5 heteroatoms. The zero-order valence-electron chi connectivity index (χ0n) is 27.5. The molecule has 0 atom stereocenters. The molecule has 9 rings (SSSR count). The number of nitrogens with zero attached hydrogens (tertiary/aromatic N) is 5. The van der Waals surface area contributed by atoms with E-state index in [-0.39, 0.29) is 0 Å². The number of rotatable bonds is 6. The zero-order chi connectivity index (χ0) is 34.1. The lowest BCUT2D eigenvalue weighted by atomic mass is 10.0. The third kappa shape index (κ3) is 5.61. The smallest absolute Gasteiger partial charge is 0.238 e. The predicted octanol–water partition coefficient (Wildman–Crippen LogP) is 11.2. The first-order valence-electron chi connectivity index (χ1n) is 16.8. The summed E-state index contributed by atoms with van der Waals surface area (Å²) in [6, 6.07) is 62.3. The Bertz CT molecular complexity index is 2610. The molecule has 0 aliphatic heterocycles. The third-order valence-corrected chi connectivity index (χ3v) is 9.33. The van der Waals surface area contributed by atoms with E-state index in [1.54, 1.807) is 0 Å². The van der Waals surface area contributed by atoms with Crippen LogP contribution in [0.1, 0.15) is 5.56 Å². The summed E-state index contributed by atoms with van der Waals surface area (Å²) in [7, 11) is 0. The van der Waals surface area contributed by atoms with Gasteiger partial charge in [-0.25, -0.2) is 4.98 Å². The van der Waals surface area contributed by atoms with E-state index in [9.17, 15) is 5.26 Å². The van der Waals surface area contributed by atoms with Crippen LogP contribution in [0.15, 0.2) is 176 Å². The molecule has 0 radical (unpaired) electrons. The van der Waals surface area contributed by atoms with Gasteiger partial charge < -0.3 is 0 Å². The summed E-state index contributed by atoms with van der Waals surface area (Å²) in [5.41, 5.74) is 11.2. The summed E-state index contributed by atoms with van der Waals surface area (Å²) < 4.78 is 2.16. The van der Waals surface area contributed by atoms with E-state index in [1.807, 2.05) is 78.9 Å². The normalized spacial score (nSPS) is 11.1. The fourth-order valence-electron chi connectivity index (χ4n) is 6.72. The molecule has 0 aliphatic rings. The van der Waals surface area contributed by atoms with Gasteiger partial charge in [0, 0.05) is 21.9 Å². The van der Waals surface area contributed by atoms with Crippen LogP contribution in [0.5, 0.6) is 0 Å². The SMILES string of the molecule is N#Cc1ccc(-c2ccc(-c3nc(-c4ccccc4)nc(-n4c5ccc(-c6ccccc6)cc5c5cc(-c6ccccc6)ccc54)n3)cc2)cc1. The number of benzene rings is 7. The van der Waals surface area contributed by atoms with E-state index >= 15 is 0 Å². The molecule has 9 aromatic rings. The molecule has 0 spiro atoms. The van der Waals surface area contributed by atoms with Crippen LogP contribution < -0.4 is 0 Å². The van der Waals surface area contributed by atoms with Crippen molar-refractivity contribution in [3.63, 3.8) is 0 Å². The Morgan fingerprint density at radius 2 is 0.745 bits per heavy atom. The number of aromatic nitrogens is 4. The Labute approximate surface area is 295 Å². The maximum absolute atomic E-state index is 9.22. The highest BCUT2D eigenvalue weighted by Gasteiger charge is 2.19. The largest absolute Gasteiger partial charge is 0.278 e. The van der Waals surface area contributed by atoms with Crippen molar-refractivity contribution in [2.75, 3.05) is 0 Å². The summed E-state index contributed by atoms with van der Waals surface area (Å²) in [5.74, 6) is 1.74. The fourth-order valence-corrected chi connectivity index (χ4v) is 6.72. The van der Waals surface area contributed by atoms with Gasteiger partial charge in [-0.05, 0) is 69.8 Å². The summed E-state index contributed by atoms with van der Waals surface area (Å²) >= 11 is 0. The molecule has 0 N–H and O–H groups in total. The van der Waals surface area contributed by atoms with Gasteiger partial charge in [0.1, 0.15) is 0 Å². The molecule has 0 saturated heterocycles. The van der Waals surface area contributed by atoms with E-state index in [2.05, 4.69) is 108 Å². The van der Waals surface area contributed by atoms with Crippen molar-refractivity contribution in [3.05, 3.63) is 181 Å². The first-order chi connectivity index (χ1) is 25.2. The van der Waals surface area contributed by atoms with Gasteiger partial charge in [0.05, 0.1) is 22.7 Å². The minimum atomic E-state index is 0.551. The number of hydrogen-bond acceptors (Lipinski definition) is 4. The van der Waals surface area contributed by atoms with E-state index in [0.29, 0.717) is 23.2 Å². The highest BCUT2D eigenvalue weighted by Crippen LogP contribution is 2.37. The molecule has 7 aromatic carbocycles. The highest BCUT2D eigenvalue weighted by atomic mass is 15.2. The Hall–Kier alpha value is -7.16. The van der Waals surface area contributed by atoms with Crippen molar-refractivity contribution in [2.24, 2.45) is 0 Å². The summed E-state index contributed by atoms with van der Waals surface area (Å²) in [6.45, 7) is 0. The summed E-state index contributed by atoms with van der Waals surface area (Å²) in [5, 5.41) is 11.5. The minimum absolute atomic E-state index is 0.551. The first kappa shape index (κ1) is 29.9. The van der Waals surface area contributed by atoms with Crippen LogP contribution in [0.25, 0.3) is 83.9 Å². The maximum atomic E-state index is 9.22. The van der Waals surface area contributed by atoms with Crippen molar-refractivity contribution >= 4 is 21.8 Å². The average molecular weight is 652 g/mol. The molecule has 0 bridgehead atoms. The molecule has 51 heavy (non-hydrogen) atoms. The van der Waals surface area contributed by atoms with Gasteiger partial charge >= 0.3 is 0 Å². The average Bonchev–Trinajstić information content (AvgIpc) is 3.55. The summed E-state index contributed by atoms with van der Waals surface area (Å²) in [4.78, 5) is 15.3. The van der Waals surface area contributed by atoms with Crippen LogP contribution in [-0.2, 0) is 0 Å². The molecule has 0 aliphatic carbocycles. The Morgan fingerprint density at radius 3 is 1.22 bits per heavy atom. The topological polar surface area (TPSA) is 67.4 Å². The Balaban J connectivity index is 1.25. The van der Waals surface area contributed by atoms with Crippen LogP contribution >= 0.6 is 0 Å². The van der Waals surface area contributed by atoms with Crippen LogP contribution in [0.2, 0.25) is 0 Å². The third-order valence-electron chi connectivity index (χ3n) is 9.33. The molecule has 238 valence electrons. The molecule has 0 fully saturated rings. The van der Waals surface area contributed by atoms with Gasteiger partial charge in [0.15, 0.2) is 11.6 Å². The highest BCUT2D eigenvalue weighted by molar-refractivity contribution is 6.11. The number of nitriles is 1. The molecule has 0 unspecified atom stereocenters. The molecule has 5 nitrogen and oxygen atoms in total. The minimum Gasteiger partial charge on any atom is -0.278 e. The van der Waals surface area contributed by atoms with Gasteiger partial charge in [-0.15, -0.1) is 0 Å². The van der Waals surface area contributed by atoms with Crippen molar-refractivity contribution < 1.29 is 0 Å². The summed E-state index contributed by atoms with van der Waals surface area (Å²) in [6.07, 6.45) is 0. The van der Waals surface area contributed by atoms with Crippen molar-refractivity contribution in [1.29, 1.82) is 5.26 Å². The predicted molar refractivity (Wildman–Crippen MR) is 206 cm³/mol. The van der Waals surface area contributed by atoms with E-state index in [1.165, 1.54) is 0 Å². The Kier molecular flexibility index (Phi) is 7.46. The lowest BCUT2D eigenvalue weighted by Gasteiger charge is -2.11. The molecule has 2 heterocycles. The van der Waals surface area contributed by atoms with Crippen LogP contribution in [0.4, 0.5) is 0 Å². The quantitative estimate of drug-likeness (QED) is 0.179. The van der Waals surface area contributed by atoms with Crippen molar-refractivity contribution in [2.45, 2.75) is 0 Å². The lowest BCUT2D eigenvalue weighted by molar-refractivity contribution is 0.953. The van der Waals surface area contributed by atoms with Gasteiger partial charge in [-0.2, -0.15) is 15.2 Å². The maximum Gasteiger partial charge on any atom is 0.238 e. The van der Waals surface area contributed by atoms with Gasteiger partial charge in [-0.3, -0.25) is 4.57 Å². The second-order valence-corrected chi connectivity index (χ2v) is 12.4. The van der Waals surface area contributed by atoms with Gasteiger partial charge in [0.25, 0.3) is 0 Å². The molecular weight excluding hydrogens is 623 g/mol.